The lowest BCUT2D eigenvalue weighted by Gasteiger charge is -2.34. The predicted molar refractivity (Wildman–Crippen MR) is 105 cm³/mol. The zero-order valence-electron chi connectivity index (χ0n) is 16.5. The lowest BCUT2D eigenvalue weighted by atomic mass is 10.0. The molecule has 144 valence electrons. The van der Waals surface area contributed by atoms with Crippen LogP contribution in [0.5, 0.6) is 0 Å². The maximum Gasteiger partial charge on any atom is 0.234 e. The Morgan fingerprint density at radius 1 is 1.04 bits per heavy atom. The van der Waals surface area contributed by atoms with Crippen LogP contribution in [0.25, 0.3) is 0 Å². The molecule has 1 fully saturated rings. The van der Waals surface area contributed by atoms with E-state index in [0.717, 1.165) is 38.0 Å². The van der Waals surface area contributed by atoms with Crippen LogP contribution in [0, 0.1) is 5.92 Å². The van der Waals surface area contributed by atoms with Gasteiger partial charge in [0, 0.05) is 32.7 Å². The Morgan fingerprint density at radius 2 is 1.65 bits per heavy atom. The van der Waals surface area contributed by atoms with Crippen LogP contribution in [0.4, 0.5) is 0 Å². The molecule has 0 radical (unpaired) electrons. The molecule has 1 aliphatic heterocycles. The normalized spacial score (nSPS) is 15.3. The minimum absolute atomic E-state index is 0.0770. The zero-order chi connectivity index (χ0) is 18.9. The summed E-state index contributed by atoms with van der Waals surface area (Å²) < 4.78 is 0. The van der Waals surface area contributed by atoms with Crippen molar-refractivity contribution in [2.24, 2.45) is 5.92 Å². The lowest BCUT2D eigenvalue weighted by molar-refractivity contribution is -0.132. The van der Waals surface area contributed by atoms with Crippen LogP contribution in [0.3, 0.4) is 0 Å². The van der Waals surface area contributed by atoms with Gasteiger partial charge in [0.1, 0.15) is 0 Å². The zero-order valence-corrected chi connectivity index (χ0v) is 16.5. The first-order valence-electron chi connectivity index (χ1n) is 9.82. The third-order valence-electron chi connectivity index (χ3n) is 4.69. The van der Waals surface area contributed by atoms with Crippen LogP contribution < -0.4 is 5.32 Å². The van der Waals surface area contributed by atoms with Gasteiger partial charge in [-0.2, -0.15) is 0 Å². The molecule has 26 heavy (non-hydrogen) atoms. The number of amides is 2. The average molecular weight is 360 g/mol. The first kappa shape index (κ1) is 20.4. The van der Waals surface area contributed by atoms with Gasteiger partial charge in [-0.1, -0.05) is 45.0 Å². The summed E-state index contributed by atoms with van der Waals surface area (Å²) in [6.07, 6.45) is 2.48. The van der Waals surface area contributed by atoms with E-state index in [9.17, 15) is 9.59 Å². The van der Waals surface area contributed by atoms with Gasteiger partial charge < -0.3 is 10.2 Å². The highest BCUT2D eigenvalue weighted by Crippen LogP contribution is 2.12. The van der Waals surface area contributed by atoms with Crippen molar-refractivity contribution in [1.82, 2.24) is 15.1 Å². The SMILES string of the molecule is CCCNC(=O)CN1CCN(C(=O)Cc2ccc(CC(C)C)cc2)CC1. The van der Waals surface area contributed by atoms with Gasteiger partial charge in [0.25, 0.3) is 0 Å². The summed E-state index contributed by atoms with van der Waals surface area (Å²) in [6, 6.07) is 8.42. The average Bonchev–Trinajstić information content (AvgIpc) is 2.61. The molecule has 1 aromatic rings. The van der Waals surface area contributed by atoms with Crippen molar-refractivity contribution in [3.05, 3.63) is 35.4 Å². The van der Waals surface area contributed by atoms with Crippen molar-refractivity contribution in [1.29, 1.82) is 0 Å². The highest BCUT2D eigenvalue weighted by Gasteiger charge is 2.22. The Bertz CT molecular complexity index is 575. The third kappa shape index (κ3) is 6.79. The van der Waals surface area contributed by atoms with E-state index >= 15 is 0 Å². The first-order valence-corrected chi connectivity index (χ1v) is 9.82. The second-order valence-corrected chi connectivity index (χ2v) is 7.60. The molecule has 0 spiro atoms. The van der Waals surface area contributed by atoms with Gasteiger partial charge in [-0.05, 0) is 29.9 Å². The number of carbonyl (C=O) groups excluding carboxylic acids is 2. The molecule has 0 atom stereocenters. The van der Waals surface area contributed by atoms with Gasteiger partial charge in [0.2, 0.25) is 11.8 Å². The monoisotopic (exact) mass is 359 g/mol. The van der Waals surface area contributed by atoms with Gasteiger partial charge in [0.05, 0.1) is 13.0 Å². The van der Waals surface area contributed by atoms with E-state index in [1.165, 1.54) is 5.56 Å². The Hall–Kier alpha value is -1.88. The number of piperazine rings is 1. The number of hydrogen-bond acceptors (Lipinski definition) is 3. The summed E-state index contributed by atoms with van der Waals surface area (Å²) in [5.74, 6) is 0.896. The molecule has 0 saturated carbocycles. The molecule has 1 saturated heterocycles. The standard InChI is InChI=1S/C21H33N3O2/c1-4-9-22-20(25)16-23-10-12-24(13-11-23)21(26)15-19-7-5-18(6-8-19)14-17(2)3/h5-8,17H,4,9-16H2,1-3H3,(H,22,25). The van der Waals surface area contributed by atoms with Crippen molar-refractivity contribution >= 4 is 11.8 Å². The van der Waals surface area contributed by atoms with Gasteiger partial charge in [-0.15, -0.1) is 0 Å². The van der Waals surface area contributed by atoms with E-state index < -0.39 is 0 Å². The summed E-state index contributed by atoms with van der Waals surface area (Å²) in [4.78, 5) is 28.4. The Labute approximate surface area is 157 Å². The fourth-order valence-electron chi connectivity index (χ4n) is 3.23. The van der Waals surface area contributed by atoms with E-state index in [1.807, 2.05) is 11.8 Å². The third-order valence-corrected chi connectivity index (χ3v) is 4.69. The molecule has 1 aliphatic rings. The van der Waals surface area contributed by atoms with Crippen LogP contribution in [-0.2, 0) is 22.4 Å². The molecule has 0 unspecified atom stereocenters. The molecular formula is C21H33N3O2. The summed E-state index contributed by atoms with van der Waals surface area (Å²) in [6.45, 7) is 10.6. The van der Waals surface area contributed by atoms with Gasteiger partial charge in [-0.3, -0.25) is 14.5 Å². The number of nitrogens with zero attached hydrogens (tertiary/aromatic N) is 2. The van der Waals surface area contributed by atoms with Crippen molar-refractivity contribution in [2.75, 3.05) is 39.3 Å². The van der Waals surface area contributed by atoms with Crippen LogP contribution in [0.2, 0.25) is 0 Å². The van der Waals surface area contributed by atoms with E-state index in [-0.39, 0.29) is 11.8 Å². The van der Waals surface area contributed by atoms with E-state index in [2.05, 4.69) is 48.3 Å². The fourth-order valence-corrected chi connectivity index (χ4v) is 3.23. The van der Waals surface area contributed by atoms with E-state index in [1.54, 1.807) is 0 Å². The summed E-state index contributed by atoms with van der Waals surface area (Å²) >= 11 is 0. The van der Waals surface area contributed by atoms with Crippen LogP contribution >= 0.6 is 0 Å². The highest BCUT2D eigenvalue weighted by molar-refractivity contribution is 5.79. The Balaban J connectivity index is 1.75. The fraction of sp³-hybridized carbons (Fsp3) is 0.619. The highest BCUT2D eigenvalue weighted by atomic mass is 16.2. The number of nitrogens with one attached hydrogen (secondary N) is 1. The number of rotatable bonds is 8. The Kier molecular flexibility index (Phi) is 8.10. The maximum atomic E-state index is 12.5. The molecule has 1 N–H and O–H groups in total. The molecular weight excluding hydrogens is 326 g/mol. The van der Waals surface area contributed by atoms with Gasteiger partial charge in [0.15, 0.2) is 0 Å². The number of hydrogen-bond donors (Lipinski definition) is 1. The molecule has 1 aromatic carbocycles. The molecule has 2 amide bonds. The van der Waals surface area contributed by atoms with E-state index in [0.29, 0.717) is 32.0 Å². The van der Waals surface area contributed by atoms with Crippen molar-refractivity contribution in [3.63, 3.8) is 0 Å². The van der Waals surface area contributed by atoms with Gasteiger partial charge >= 0.3 is 0 Å². The van der Waals surface area contributed by atoms with Crippen molar-refractivity contribution in [2.45, 2.75) is 40.0 Å². The second-order valence-electron chi connectivity index (χ2n) is 7.60. The topological polar surface area (TPSA) is 52.7 Å². The molecule has 0 aliphatic carbocycles. The molecule has 5 heteroatoms. The smallest absolute Gasteiger partial charge is 0.234 e. The van der Waals surface area contributed by atoms with Crippen molar-refractivity contribution in [3.8, 4) is 0 Å². The second kappa shape index (κ2) is 10.3. The van der Waals surface area contributed by atoms with Gasteiger partial charge in [-0.25, -0.2) is 0 Å². The summed E-state index contributed by atoms with van der Waals surface area (Å²) in [5, 5.41) is 2.90. The molecule has 0 bridgehead atoms. The van der Waals surface area contributed by atoms with E-state index in [4.69, 9.17) is 0 Å². The molecule has 0 aromatic heterocycles. The van der Waals surface area contributed by atoms with Crippen LogP contribution in [0.1, 0.15) is 38.3 Å². The molecule has 5 nitrogen and oxygen atoms in total. The quantitative estimate of drug-likeness (QED) is 0.773. The van der Waals surface area contributed by atoms with Crippen LogP contribution in [-0.4, -0.2) is 60.9 Å². The van der Waals surface area contributed by atoms with Crippen molar-refractivity contribution < 1.29 is 9.59 Å². The number of benzene rings is 1. The first-order chi connectivity index (χ1) is 12.5. The summed E-state index contributed by atoms with van der Waals surface area (Å²) in [7, 11) is 0. The summed E-state index contributed by atoms with van der Waals surface area (Å²) in [5.41, 5.74) is 2.40. The minimum atomic E-state index is 0.0770. The molecule has 2 rings (SSSR count). The largest absolute Gasteiger partial charge is 0.355 e. The minimum Gasteiger partial charge on any atom is -0.355 e. The molecule has 1 heterocycles. The van der Waals surface area contributed by atoms with Crippen LogP contribution in [0.15, 0.2) is 24.3 Å². The number of carbonyl (C=O) groups is 2. The Morgan fingerprint density at radius 3 is 2.23 bits per heavy atom. The lowest BCUT2D eigenvalue weighted by Crippen LogP contribution is -2.51. The predicted octanol–water partition coefficient (Wildman–Crippen LogP) is 2.10. The maximum absolute atomic E-state index is 12.5.